The summed E-state index contributed by atoms with van der Waals surface area (Å²) >= 11 is 0. The number of carbonyl (C=O) groups excluding carboxylic acids is 4. The van der Waals surface area contributed by atoms with Gasteiger partial charge in [-0.15, -0.1) is 0 Å². The number of benzene rings is 14. The van der Waals surface area contributed by atoms with Gasteiger partial charge in [0.25, 0.3) is 0 Å². The number of nitriles is 2. The fraction of sp³-hybridized carbons (Fsp3) is 0.0408. The van der Waals surface area contributed by atoms with E-state index < -0.39 is 23.9 Å². The lowest BCUT2D eigenvalue weighted by atomic mass is 9.96. The topological polar surface area (TPSA) is 206 Å². The molecule has 0 aliphatic rings. The average molecular weight is 1480 g/mol. The molecule has 0 amide bonds. The predicted octanol–water partition coefficient (Wildman–Crippen LogP) is 21.8. The quantitative estimate of drug-likeness (QED) is 0.0396. The SMILES string of the molecule is [C-]#[N+]c1cccc(-c2ccc(-n3c4ccc(C(=O)OCc5ccccc5)cc4c4cc(C(=O)OCc5ccccc5)ccc43)cc2-c2nc(-c3ccc(-c4ccccc4C#N)cc3)nc(-c3cc(-n4c5ccc(C(=O)OCc6ccccc6)cc5c5cc(C(=O)OCc6ccccc6)ccc54)ccc3-c3cccc(C#N)c3)n2)c1. The van der Waals surface area contributed by atoms with Crippen LogP contribution in [0.2, 0.25) is 0 Å². The minimum absolute atomic E-state index is 0.0467. The first-order chi connectivity index (χ1) is 56.0. The van der Waals surface area contributed by atoms with Crippen molar-refractivity contribution in [1.82, 2.24) is 24.1 Å². The van der Waals surface area contributed by atoms with Crippen LogP contribution in [-0.2, 0) is 45.4 Å². The first kappa shape index (κ1) is 71.0. The van der Waals surface area contributed by atoms with E-state index in [1.165, 1.54) is 0 Å². The number of ether oxygens (including phenoxy) is 4. The molecule has 14 aromatic carbocycles. The Hall–Kier alpha value is -16.0. The number of nitrogens with zero attached hydrogens (tertiary/aromatic N) is 8. The number of hydrogen-bond acceptors (Lipinski definition) is 13. The van der Waals surface area contributed by atoms with E-state index in [4.69, 9.17) is 40.5 Å². The summed E-state index contributed by atoms with van der Waals surface area (Å²) in [6, 6.07) is 105. The molecule has 16 heteroatoms. The summed E-state index contributed by atoms with van der Waals surface area (Å²) in [6.45, 7) is 8.41. The molecule has 3 heterocycles. The highest BCUT2D eigenvalue weighted by molar-refractivity contribution is 6.15. The summed E-state index contributed by atoms with van der Waals surface area (Å²) in [7, 11) is 0. The normalized spacial score (nSPS) is 11.1. The van der Waals surface area contributed by atoms with E-state index >= 15 is 0 Å². The first-order valence-corrected chi connectivity index (χ1v) is 36.6. The van der Waals surface area contributed by atoms with Crippen LogP contribution in [0.5, 0.6) is 0 Å². The van der Waals surface area contributed by atoms with Crippen LogP contribution in [0.15, 0.2) is 328 Å². The molecule has 0 fully saturated rings. The zero-order chi connectivity index (χ0) is 77.6. The Kier molecular flexibility index (Phi) is 19.5. The molecule has 0 radical (unpaired) electrons. The van der Waals surface area contributed by atoms with Gasteiger partial charge in [0.05, 0.1) is 74.2 Å². The van der Waals surface area contributed by atoms with Gasteiger partial charge in [0.15, 0.2) is 23.2 Å². The maximum Gasteiger partial charge on any atom is 0.338 e. The summed E-state index contributed by atoms with van der Waals surface area (Å²) in [5, 5.41) is 23.3. The number of fused-ring (bicyclic) bond motifs is 6. The molecular formula is C98H62N8O8. The van der Waals surface area contributed by atoms with Crippen molar-refractivity contribution in [2.75, 3.05) is 0 Å². The lowest BCUT2D eigenvalue weighted by molar-refractivity contribution is 0.0464. The summed E-state index contributed by atoms with van der Waals surface area (Å²) in [5.41, 5.74) is 15.4. The Labute approximate surface area is 654 Å². The fourth-order valence-corrected chi connectivity index (χ4v) is 14.4. The van der Waals surface area contributed by atoms with E-state index in [2.05, 4.69) is 21.6 Å². The second kappa shape index (κ2) is 31.3. The van der Waals surface area contributed by atoms with Crippen molar-refractivity contribution in [3.05, 3.63) is 395 Å². The molecule has 0 aliphatic carbocycles. The molecule has 16 nitrogen and oxygen atoms in total. The molecule has 0 N–H and O–H groups in total. The lowest BCUT2D eigenvalue weighted by Crippen LogP contribution is -2.05. The van der Waals surface area contributed by atoms with E-state index in [-0.39, 0.29) is 66.2 Å². The highest BCUT2D eigenvalue weighted by Gasteiger charge is 2.26. The molecule has 0 saturated carbocycles. The van der Waals surface area contributed by atoms with E-state index in [0.29, 0.717) is 111 Å². The Bertz CT molecular complexity index is 6220. The third-order valence-electron chi connectivity index (χ3n) is 20.1. The van der Waals surface area contributed by atoms with Crippen molar-refractivity contribution in [2.24, 2.45) is 0 Å². The Morgan fingerprint density at radius 2 is 0.684 bits per heavy atom. The van der Waals surface area contributed by atoms with Crippen molar-refractivity contribution in [3.63, 3.8) is 0 Å². The molecule has 0 saturated heterocycles. The van der Waals surface area contributed by atoms with Gasteiger partial charge < -0.3 is 28.1 Å². The summed E-state index contributed by atoms with van der Waals surface area (Å²) in [4.78, 5) is 77.0. The highest BCUT2D eigenvalue weighted by atomic mass is 16.5. The Morgan fingerprint density at radius 3 is 1.08 bits per heavy atom. The van der Waals surface area contributed by atoms with E-state index in [9.17, 15) is 29.7 Å². The number of hydrogen-bond donors (Lipinski definition) is 0. The average Bonchev–Trinajstić information content (AvgIpc) is 1.67. The van der Waals surface area contributed by atoms with Gasteiger partial charge in [-0.2, -0.15) is 10.5 Å². The van der Waals surface area contributed by atoms with Crippen LogP contribution in [0.3, 0.4) is 0 Å². The summed E-state index contributed by atoms with van der Waals surface area (Å²) in [6.07, 6.45) is 0. The van der Waals surface area contributed by atoms with Crippen LogP contribution in [-0.4, -0.2) is 48.0 Å². The molecular weight excluding hydrogens is 1420 g/mol. The molecule has 0 aliphatic heterocycles. The van der Waals surface area contributed by atoms with Gasteiger partial charge in [0.1, 0.15) is 26.4 Å². The Morgan fingerprint density at radius 1 is 0.316 bits per heavy atom. The molecule has 542 valence electrons. The van der Waals surface area contributed by atoms with Crippen LogP contribution in [0, 0.1) is 29.2 Å². The maximum atomic E-state index is 14.1. The van der Waals surface area contributed by atoms with Gasteiger partial charge in [-0.25, -0.2) is 39.0 Å². The minimum atomic E-state index is -0.544. The highest BCUT2D eigenvalue weighted by Crippen LogP contribution is 2.43. The van der Waals surface area contributed by atoms with Crippen molar-refractivity contribution >= 4 is 73.2 Å². The van der Waals surface area contributed by atoms with Gasteiger partial charge in [-0.1, -0.05) is 206 Å². The first-order valence-electron chi connectivity index (χ1n) is 36.6. The van der Waals surface area contributed by atoms with Crippen LogP contribution in [0.25, 0.3) is 127 Å². The number of aromatic nitrogens is 5. The molecule has 0 atom stereocenters. The standard InChI is InChI=1S/C98H62N8O8/c1-101-76-30-17-29-70(49-76)81-43-41-78(106-90-46-38-73(97(109)113-60-64-22-10-4-11-23-64)52-84(90)85-53-74(39-47-91(85)106)98(110)114-61-65-24-12-5-13-25-65)55-87(81)94-103-92(68-34-32-67(33-35-68)79-31-15-14-27-75(79)57-100)102-93(104-94)86-54-77(40-42-80(86)69-28-16-26-66(48-69)56-99)105-88-44-36-71(95(107)111-58-62-18-6-2-7-19-62)50-82(88)83-51-72(37-45-89(83)105)96(108)112-59-63-20-8-3-9-21-63/h2-55H,58-61H2. The molecule has 0 unspecified atom stereocenters. The van der Waals surface area contributed by atoms with Crippen molar-refractivity contribution < 1.29 is 38.1 Å². The molecule has 0 bridgehead atoms. The minimum Gasteiger partial charge on any atom is -0.457 e. The Balaban J connectivity index is 0.877. The number of rotatable bonds is 20. The van der Waals surface area contributed by atoms with Gasteiger partial charge >= 0.3 is 23.9 Å². The third kappa shape index (κ3) is 14.4. The van der Waals surface area contributed by atoms with Crippen molar-refractivity contribution in [3.8, 4) is 91.1 Å². The van der Waals surface area contributed by atoms with Gasteiger partial charge in [-0.3, -0.25) is 0 Å². The van der Waals surface area contributed by atoms with Gasteiger partial charge in [0.2, 0.25) is 0 Å². The molecule has 114 heavy (non-hydrogen) atoms. The predicted molar refractivity (Wildman–Crippen MR) is 439 cm³/mol. The lowest BCUT2D eigenvalue weighted by Gasteiger charge is -2.18. The summed E-state index contributed by atoms with van der Waals surface area (Å²) in [5.74, 6) is -1.49. The van der Waals surface area contributed by atoms with Crippen LogP contribution in [0.1, 0.15) is 74.8 Å². The second-order valence-corrected chi connectivity index (χ2v) is 27.2. The van der Waals surface area contributed by atoms with Crippen LogP contribution >= 0.6 is 0 Å². The fourth-order valence-electron chi connectivity index (χ4n) is 14.4. The largest absolute Gasteiger partial charge is 0.457 e. The summed E-state index contributed by atoms with van der Waals surface area (Å²) < 4.78 is 27.7. The van der Waals surface area contributed by atoms with Crippen molar-refractivity contribution in [2.45, 2.75) is 26.4 Å². The smallest absolute Gasteiger partial charge is 0.338 e. The van der Waals surface area contributed by atoms with Crippen LogP contribution < -0.4 is 0 Å². The van der Waals surface area contributed by atoms with Gasteiger partial charge in [0, 0.05) is 49.6 Å². The van der Waals surface area contributed by atoms with Gasteiger partial charge in [-0.05, 0) is 177 Å². The van der Waals surface area contributed by atoms with E-state index in [0.717, 1.165) is 33.4 Å². The number of esters is 4. The second-order valence-electron chi connectivity index (χ2n) is 27.2. The van der Waals surface area contributed by atoms with Crippen molar-refractivity contribution in [1.29, 1.82) is 10.5 Å². The molecule has 17 rings (SSSR count). The monoisotopic (exact) mass is 1480 g/mol. The molecule has 17 aromatic rings. The third-order valence-corrected chi connectivity index (χ3v) is 20.1. The zero-order valence-electron chi connectivity index (χ0n) is 60.8. The van der Waals surface area contributed by atoms with E-state index in [1.807, 2.05) is 265 Å². The molecule has 3 aromatic heterocycles. The van der Waals surface area contributed by atoms with E-state index in [1.54, 1.807) is 66.7 Å². The number of carbonyl (C=O) groups is 4. The maximum absolute atomic E-state index is 14.1. The zero-order valence-corrected chi connectivity index (χ0v) is 60.8. The molecule has 0 spiro atoms. The van der Waals surface area contributed by atoms with Crippen LogP contribution in [0.4, 0.5) is 5.69 Å².